The van der Waals surface area contributed by atoms with Gasteiger partial charge in [-0.3, -0.25) is 9.78 Å². The summed E-state index contributed by atoms with van der Waals surface area (Å²) >= 11 is 0. The van der Waals surface area contributed by atoms with Crippen LogP contribution in [0.1, 0.15) is 43.1 Å². The Bertz CT molecular complexity index is 783. The molecule has 0 saturated carbocycles. The van der Waals surface area contributed by atoms with Gasteiger partial charge in [0, 0.05) is 54.8 Å². The van der Waals surface area contributed by atoms with E-state index in [-0.39, 0.29) is 5.91 Å². The average Bonchev–Trinajstić information content (AvgIpc) is 2.67. The maximum Gasteiger partial charge on any atom is 0.253 e. The largest absolute Gasteiger partial charge is 0.386 e. The highest BCUT2D eigenvalue weighted by Crippen LogP contribution is 2.26. The highest BCUT2D eigenvalue weighted by molar-refractivity contribution is 5.95. The van der Waals surface area contributed by atoms with E-state index in [1.54, 1.807) is 26.2 Å². The van der Waals surface area contributed by atoms with Crippen LogP contribution in [0.5, 0.6) is 0 Å². The van der Waals surface area contributed by atoms with Crippen molar-refractivity contribution >= 4 is 5.91 Å². The van der Waals surface area contributed by atoms with Crippen molar-refractivity contribution in [3.05, 3.63) is 53.9 Å². The average molecular weight is 353 g/mol. The first-order chi connectivity index (χ1) is 12.4. The summed E-state index contributed by atoms with van der Waals surface area (Å²) in [7, 11) is 0. The number of rotatable bonds is 4. The fourth-order valence-corrected chi connectivity index (χ4v) is 3.23. The van der Waals surface area contributed by atoms with E-state index in [9.17, 15) is 9.90 Å². The van der Waals surface area contributed by atoms with Gasteiger partial charge in [-0.05, 0) is 44.0 Å². The van der Waals surface area contributed by atoms with Crippen molar-refractivity contribution in [2.24, 2.45) is 0 Å². The Labute approximate surface area is 155 Å². The molecule has 2 aromatic rings. The number of aliphatic hydroxyl groups is 1. The normalized spacial score (nSPS) is 18.0. The molecule has 5 nitrogen and oxygen atoms in total. The van der Waals surface area contributed by atoms with Crippen LogP contribution >= 0.6 is 0 Å². The van der Waals surface area contributed by atoms with Crippen molar-refractivity contribution in [3.8, 4) is 11.1 Å². The van der Waals surface area contributed by atoms with E-state index in [4.69, 9.17) is 0 Å². The smallest absolute Gasteiger partial charge is 0.253 e. The minimum atomic E-state index is -0.952. The van der Waals surface area contributed by atoms with Gasteiger partial charge in [-0.2, -0.15) is 0 Å². The molecular weight excluding hydrogens is 326 g/mol. The summed E-state index contributed by atoms with van der Waals surface area (Å²) in [5.41, 5.74) is 2.31. The number of piperazine rings is 1. The molecule has 1 aromatic heterocycles. The van der Waals surface area contributed by atoms with E-state index in [0.29, 0.717) is 11.6 Å². The standard InChI is InChI=1S/C21H27N3O2/c1-4-19-14-24(9-8-23-19)20(25)16-7-5-6-15(10-16)17-11-18(13-22-12-17)21(2,3)26/h5-7,10-13,19,23,26H,4,8-9,14H2,1-3H3. The summed E-state index contributed by atoms with van der Waals surface area (Å²) in [4.78, 5) is 19.1. The molecule has 0 spiro atoms. The quantitative estimate of drug-likeness (QED) is 0.887. The van der Waals surface area contributed by atoms with E-state index in [2.05, 4.69) is 17.2 Å². The molecule has 1 fully saturated rings. The molecule has 2 heterocycles. The van der Waals surface area contributed by atoms with E-state index in [1.807, 2.05) is 35.2 Å². The molecule has 1 aliphatic heterocycles. The topological polar surface area (TPSA) is 65.5 Å². The first kappa shape index (κ1) is 18.5. The highest BCUT2D eigenvalue weighted by Gasteiger charge is 2.23. The molecule has 26 heavy (non-hydrogen) atoms. The van der Waals surface area contributed by atoms with Gasteiger partial charge in [0.25, 0.3) is 5.91 Å². The molecule has 0 aliphatic carbocycles. The van der Waals surface area contributed by atoms with Crippen molar-refractivity contribution in [1.29, 1.82) is 0 Å². The molecule has 1 unspecified atom stereocenters. The van der Waals surface area contributed by atoms with Crippen LogP contribution in [0.4, 0.5) is 0 Å². The molecule has 5 heteroatoms. The van der Waals surface area contributed by atoms with Crippen LogP contribution in [0.3, 0.4) is 0 Å². The van der Waals surface area contributed by atoms with E-state index >= 15 is 0 Å². The number of nitrogens with zero attached hydrogens (tertiary/aromatic N) is 2. The van der Waals surface area contributed by atoms with Gasteiger partial charge in [-0.1, -0.05) is 19.1 Å². The number of aromatic nitrogens is 1. The van der Waals surface area contributed by atoms with Gasteiger partial charge in [0.15, 0.2) is 0 Å². The van der Waals surface area contributed by atoms with Gasteiger partial charge in [-0.25, -0.2) is 0 Å². The van der Waals surface area contributed by atoms with Crippen molar-refractivity contribution in [1.82, 2.24) is 15.2 Å². The lowest BCUT2D eigenvalue weighted by atomic mass is 9.96. The first-order valence-corrected chi connectivity index (χ1v) is 9.19. The number of hydrogen-bond acceptors (Lipinski definition) is 4. The van der Waals surface area contributed by atoms with Crippen molar-refractivity contribution in [2.45, 2.75) is 38.8 Å². The summed E-state index contributed by atoms with van der Waals surface area (Å²) in [5, 5.41) is 13.7. The van der Waals surface area contributed by atoms with Crippen LogP contribution in [-0.2, 0) is 5.60 Å². The molecular formula is C21H27N3O2. The Morgan fingerprint density at radius 1 is 1.31 bits per heavy atom. The third kappa shape index (κ3) is 4.11. The van der Waals surface area contributed by atoms with Crippen molar-refractivity contribution in [3.63, 3.8) is 0 Å². The lowest BCUT2D eigenvalue weighted by molar-refractivity contribution is 0.0701. The molecule has 1 aromatic carbocycles. The number of benzene rings is 1. The van der Waals surface area contributed by atoms with Gasteiger partial charge >= 0.3 is 0 Å². The summed E-state index contributed by atoms with van der Waals surface area (Å²) in [6.45, 7) is 7.92. The monoisotopic (exact) mass is 353 g/mol. The number of carbonyl (C=O) groups is 1. The second kappa shape index (κ2) is 7.56. The summed E-state index contributed by atoms with van der Waals surface area (Å²) in [6.07, 6.45) is 4.44. The molecule has 1 saturated heterocycles. The van der Waals surface area contributed by atoms with Crippen LogP contribution in [0, 0.1) is 0 Å². The van der Waals surface area contributed by atoms with Gasteiger partial charge in [-0.15, -0.1) is 0 Å². The maximum absolute atomic E-state index is 12.9. The first-order valence-electron chi connectivity index (χ1n) is 9.19. The number of pyridine rings is 1. The summed E-state index contributed by atoms with van der Waals surface area (Å²) in [5.74, 6) is 0.0680. The Hall–Kier alpha value is -2.24. The number of amides is 1. The van der Waals surface area contributed by atoms with E-state index in [1.165, 1.54) is 0 Å². The van der Waals surface area contributed by atoms with Gasteiger partial charge < -0.3 is 15.3 Å². The van der Waals surface area contributed by atoms with Gasteiger partial charge in [0.05, 0.1) is 5.60 Å². The molecule has 1 aliphatic rings. The van der Waals surface area contributed by atoms with Crippen LogP contribution in [-0.4, -0.2) is 46.6 Å². The fraction of sp³-hybridized carbons (Fsp3) is 0.429. The zero-order valence-electron chi connectivity index (χ0n) is 15.7. The Morgan fingerprint density at radius 2 is 2.12 bits per heavy atom. The number of nitrogens with one attached hydrogen (secondary N) is 1. The molecule has 0 bridgehead atoms. The zero-order chi connectivity index (χ0) is 18.7. The summed E-state index contributed by atoms with van der Waals surface area (Å²) < 4.78 is 0. The third-order valence-corrected chi connectivity index (χ3v) is 4.92. The lowest BCUT2D eigenvalue weighted by Crippen LogP contribution is -2.52. The van der Waals surface area contributed by atoms with Crippen LogP contribution < -0.4 is 5.32 Å². The zero-order valence-corrected chi connectivity index (χ0v) is 15.7. The predicted octanol–water partition coefficient (Wildman–Crippen LogP) is 2.80. The van der Waals surface area contributed by atoms with Crippen LogP contribution in [0.25, 0.3) is 11.1 Å². The van der Waals surface area contributed by atoms with E-state index in [0.717, 1.165) is 42.7 Å². The van der Waals surface area contributed by atoms with Crippen LogP contribution in [0.2, 0.25) is 0 Å². The van der Waals surface area contributed by atoms with Crippen molar-refractivity contribution < 1.29 is 9.90 Å². The Morgan fingerprint density at radius 3 is 2.85 bits per heavy atom. The molecule has 0 radical (unpaired) electrons. The fourth-order valence-electron chi connectivity index (χ4n) is 3.23. The lowest BCUT2D eigenvalue weighted by Gasteiger charge is -2.33. The predicted molar refractivity (Wildman–Crippen MR) is 103 cm³/mol. The Balaban J connectivity index is 1.86. The SMILES string of the molecule is CCC1CN(C(=O)c2cccc(-c3cncc(C(C)(C)O)c3)c2)CCN1. The molecule has 1 amide bonds. The summed E-state index contributed by atoms with van der Waals surface area (Å²) in [6, 6.07) is 9.93. The molecule has 3 rings (SSSR count). The molecule has 1 atom stereocenters. The minimum Gasteiger partial charge on any atom is -0.386 e. The second-order valence-electron chi connectivity index (χ2n) is 7.41. The van der Waals surface area contributed by atoms with Gasteiger partial charge in [0.1, 0.15) is 0 Å². The molecule has 2 N–H and O–H groups in total. The van der Waals surface area contributed by atoms with Gasteiger partial charge in [0.2, 0.25) is 0 Å². The number of carbonyl (C=O) groups excluding carboxylic acids is 1. The van der Waals surface area contributed by atoms with E-state index < -0.39 is 5.60 Å². The van der Waals surface area contributed by atoms with Crippen molar-refractivity contribution in [2.75, 3.05) is 19.6 Å². The van der Waals surface area contributed by atoms with Crippen LogP contribution in [0.15, 0.2) is 42.7 Å². The molecule has 138 valence electrons. The highest BCUT2D eigenvalue weighted by atomic mass is 16.3. The maximum atomic E-state index is 12.9. The minimum absolute atomic E-state index is 0.0680. The second-order valence-corrected chi connectivity index (χ2v) is 7.41. The number of hydrogen-bond donors (Lipinski definition) is 2. The Kier molecular flexibility index (Phi) is 5.39. The third-order valence-electron chi connectivity index (χ3n) is 4.92.